The van der Waals surface area contributed by atoms with Crippen molar-refractivity contribution in [2.45, 2.75) is 32.7 Å². The van der Waals surface area contributed by atoms with Gasteiger partial charge < -0.3 is 10.2 Å². The second kappa shape index (κ2) is 7.34. The van der Waals surface area contributed by atoms with Gasteiger partial charge in [0.15, 0.2) is 5.65 Å². The number of hydrogen-bond donors (Lipinski definition) is 1. The molecule has 1 fully saturated rings. The highest BCUT2D eigenvalue weighted by molar-refractivity contribution is 5.99. The van der Waals surface area contributed by atoms with Crippen LogP contribution in [-0.2, 0) is 0 Å². The van der Waals surface area contributed by atoms with Crippen molar-refractivity contribution in [1.82, 2.24) is 25.4 Å². The first-order chi connectivity index (χ1) is 13.1. The van der Waals surface area contributed by atoms with E-state index in [0.717, 1.165) is 24.6 Å². The molecule has 27 heavy (non-hydrogen) atoms. The van der Waals surface area contributed by atoms with Crippen LogP contribution in [0.5, 0.6) is 0 Å². The molecule has 0 spiro atoms. The van der Waals surface area contributed by atoms with Gasteiger partial charge >= 0.3 is 0 Å². The predicted molar refractivity (Wildman–Crippen MR) is 104 cm³/mol. The third-order valence-corrected chi connectivity index (χ3v) is 5.36. The molecule has 0 unspecified atom stereocenters. The first-order valence-corrected chi connectivity index (χ1v) is 9.44. The van der Waals surface area contributed by atoms with E-state index in [4.69, 9.17) is 0 Å². The third kappa shape index (κ3) is 3.63. The number of carbonyl (C=O) groups is 1. The Morgan fingerprint density at radius 1 is 1.19 bits per heavy atom. The molecule has 1 aliphatic rings. The van der Waals surface area contributed by atoms with Crippen LogP contribution >= 0.6 is 0 Å². The summed E-state index contributed by atoms with van der Waals surface area (Å²) in [5, 5.41) is 14.4. The number of tetrazole rings is 1. The number of nitrogens with zero attached hydrogens (tertiary/aromatic N) is 5. The summed E-state index contributed by atoms with van der Waals surface area (Å²) in [6, 6.07) is 11.9. The number of rotatable bonds is 4. The summed E-state index contributed by atoms with van der Waals surface area (Å²) in [4.78, 5) is 15.1. The molecular weight excluding hydrogens is 340 g/mol. The molecule has 1 atom stereocenters. The van der Waals surface area contributed by atoms with Crippen molar-refractivity contribution in [3.8, 4) is 0 Å². The molecule has 7 heteroatoms. The highest BCUT2D eigenvalue weighted by atomic mass is 16.1. The van der Waals surface area contributed by atoms with Crippen LogP contribution in [0.1, 0.15) is 48.7 Å². The van der Waals surface area contributed by atoms with E-state index in [1.807, 2.05) is 6.92 Å². The maximum absolute atomic E-state index is 12.7. The molecule has 0 bridgehead atoms. The lowest BCUT2D eigenvalue weighted by Crippen LogP contribution is -2.32. The molecule has 1 N–H and O–H groups in total. The second-order valence-corrected chi connectivity index (χ2v) is 7.33. The summed E-state index contributed by atoms with van der Waals surface area (Å²) in [6.45, 7) is 6.53. The van der Waals surface area contributed by atoms with Gasteiger partial charge in [-0.2, -0.15) is 4.52 Å². The Labute approximate surface area is 158 Å². The molecule has 3 aromatic rings. The van der Waals surface area contributed by atoms with Crippen LogP contribution < -0.4 is 10.2 Å². The lowest BCUT2D eigenvalue weighted by atomic mass is 9.98. The van der Waals surface area contributed by atoms with Crippen molar-refractivity contribution in [1.29, 1.82) is 0 Å². The van der Waals surface area contributed by atoms with E-state index in [-0.39, 0.29) is 11.9 Å². The maximum Gasteiger partial charge on any atom is 0.255 e. The van der Waals surface area contributed by atoms with Gasteiger partial charge in [-0.3, -0.25) is 4.79 Å². The number of fused-ring (bicyclic) bond motifs is 1. The van der Waals surface area contributed by atoms with E-state index in [2.05, 4.69) is 56.9 Å². The van der Waals surface area contributed by atoms with Crippen molar-refractivity contribution in [2.75, 3.05) is 18.0 Å². The van der Waals surface area contributed by atoms with E-state index in [1.54, 1.807) is 18.3 Å². The Balaban J connectivity index is 1.44. The zero-order chi connectivity index (χ0) is 18.8. The van der Waals surface area contributed by atoms with Crippen molar-refractivity contribution in [3.05, 3.63) is 53.7 Å². The molecule has 0 aliphatic carbocycles. The van der Waals surface area contributed by atoms with Gasteiger partial charge in [-0.05, 0) is 65.9 Å². The average Bonchev–Trinajstić information content (AvgIpc) is 3.17. The van der Waals surface area contributed by atoms with Crippen LogP contribution in [0, 0.1) is 5.92 Å². The van der Waals surface area contributed by atoms with Crippen LogP contribution in [0.3, 0.4) is 0 Å². The fourth-order valence-corrected chi connectivity index (χ4v) is 3.54. The van der Waals surface area contributed by atoms with Gasteiger partial charge in [-0.1, -0.05) is 19.1 Å². The first-order valence-electron chi connectivity index (χ1n) is 9.44. The number of anilines is 1. The van der Waals surface area contributed by atoms with Crippen molar-refractivity contribution in [2.24, 2.45) is 5.92 Å². The molecule has 0 radical (unpaired) electrons. The lowest BCUT2D eigenvalue weighted by Gasteiger charge is -2.32. The third-order valence-electron chi connectivity index (χ3n) is 5.36. The smallest absolute Gasteiger partial charge is 0.255 e. The Morgan fingerprint density at radius 2 is 1.93 bits per heavy atom. The summed E-state index contributed by atoms with van der Waals surface area (Å²) in [6.07, 6.45) is 4.21. The summed E-state index contributed by atoms with van der Waals surface area (Å²) >= 11 is 0. The zero-order valence-electron chi connectivity index (χ0n) is 15.7. The lowest BCUT2D eigenvalue weighted by molar-refractivity contribution is 0.0941. The largest absolute Gasteiger partial charge is 0.372 e. The normalized spacial score (nSPS) is 16.4. The van der Waals surface area contributed by atoms with Gasteiger partial charge in [0.2, 0.25) is 0 Å². The molecule has 4 rings (SSSR count). The van der Waals surface area contributed by atoms with Crippen LogP contribution in [0.4, 0.5) is 5.69 Å². The van der Waals surface area contributed by atoms with Crippen LogP contribution in [0.15, 0.2) is 42.6 Å². The quantitative estimate of drug-likeness (QED) is 0.770. The van der Waals surface area contributed by atoms with Crippen molar-refractivity contribution >= 4 is 17.2 Å². The molecule has 1 aliphatic heterocycles. The van der Waals surface area contributed by atoms with Gasteiger partial charge in [-0.25, -0.2) is 0 Å². The van der Waals surface area contributed by atoms with Gasteiger partial charge in [-0.15, -0.1) is 5.10 Å². The number of hydrogen-bond acceptors (Lipinski definition) is 5. The average molecular weight is 364 g/mol. The zero-order valence-corrected chi connectivity index (χ0v) is 15.7. The minimum absolute atomic E-state index is 0.107. The number of benzene rings is 1. The summed E-state index contributed by atoms with van der Waals surface area (Å²) < 4.78 is 1.49. The molecule has 3 heterocycles. The molecule has 1 aromatic carbocycles. The fourth-order valence-electron chi connectivity index (χ4n) is 3.54. The van der Waals surface area contributed by atoms with Gasteiger partial charge in [0.05, 0.1) is 11.6 Å². The highest BCUT2D eigenvalue weighted by Gasteiger charge is 2.18. The van der Waals surface area contributed by atoms with E-state index >= 15 is 0 Å². The Kier molecular flexibility index (Phi) is 4.75. The number of piperidine rings is 1. The summed E-state index contributed by atoms with van der Waals surface area (Å²) in [5.74, 6) is 0.637. The highest BCUT2D eigenvalue weighted by Crippen LogP contribution is 2.24. The SMILES string of the molecule is CC1CCN(c2ccc([C@@H](C)NC(=O)c3cccn4nnnc34)cc2)CC1. The summed E-state index contributed by atoms with van der Waals surface area (Å²) in [5.41, 5.74) is 3.25. The Hall–Kier alpha value is -2.96. The van der Waals surface area contributed by atoms with E-state index in [0.29, 0.717) is 11.2 Å². The van der Waals surface area contributed by atoms with E-state index < -0.39 is 0 Å². The second-order valence-electron chi connectivity index (χ2n) is 7.33. The van der Waals surface area contributed by atoms with Gasteiger partial charge in [0, 0.05) is 25.0 Å². The number of aromatic nitrogens is 4. The molecular formula is C20H24N6O. The van der Waals surface area contributed by atoms with E-state index in [9.17, 15) is 4.79 Å². The van der Waals surface area contributed by atoms with Gasteiger partial charge in [0.1, 0.15) is 0 Å². The molecule has 1 saturated heterocycles. The molecule has 0 saturated carbocycles. The van der Waals surface area contributed by atoms with E-state index in [1.165, 1.54) is 23.0 Å². The standard InChI is InChI=1S/C20H24N6O/c1-14-9-12-25(13-10-14)17-7-5-16(6-8-17)15(2)21-20(27)18-4-3-11-26-19(18)22-23-24-26/h3-8,11,14-15H,9-10,12-13H2,1-2H3,(H,21,27)/t15-/m1/s1. The number of carbonyl (C=O) groups excluding carboxylic acids is 1. The van der Waals surface area contributed by atoms with Crippen molar-refractivity contribution in [3.63, 3.8) is 0 Å². The molecule has 140 valence electrons. The topological polar surface area (TPSA) is 75.4 Å². The fraction of sp³-hybridized carbons (Fsp3) is 0.400. The minimum atomic E-state index is -0.183. The van der Waals surface area contributed by atoms with Crippen LogP contribution in [-0.4, -0.2) is 39.0 Å². The predicted octanol–water partition coefficient (Wildman–Crippen LogP) is 2.85. The molecule has 1 amide bonds. The summed E-state index contributed by atoms with van der Waals surface area (Å²) in [7, 11) is 0. The van der Waals surface area contributed by atoms with Crippen molar-refractivity contribution < 1.29 is 4.79 Å². The number of nitrogens with one attached hydrogen (secondary N) is 1. The maximum atomic E-state index is 12.7. The monoisotopic (exact) mass is 364 g/mol. The van der Waals surface area contributed by atoms with Crippen LogP contribution in [0.25, 0.3) is 5.65 Å². The first kappa shape index (κ1) is 17.5. The number of amides is 1. The number of pyridine rings is 1. The molecule has 2 aromatic heterocycles. The minimum Gasteiger partial charge on any atom is -0.372 e. The van der Waals surface area contributed by atoms with Crippen LogP contribution in [0.2, 0.25) is 0 Å². The Morgan fingerprint density at radius 3 is 2.67 bits per heavy atom. The Bertz CT molecular complexity index is 927. The van der Waals surface area contributed by atoms with Gasteiger partial charge in [0.25, 0.3) is 5.91 Å². The molecule has 7 nitrogen and oxygen atoms in total.